The van der Waals surface area contributed by atoms with Gasteiger partial charge in [-0.25, -0.2) is 4.39 Å². The Labute approximate surface area is 238 Å². The first kappa shape index (κ1) is 27.0. The van der Waals surface area contributed by atoms with Gasteiger partial charge in [0.15, 0.2) is 0 Å². The van der Waals surface area contributed by atoms with Gasteiger partial charge >= 0.3 is 0 Å². The number of benzene rings is 3. The Kier molecular flexibility index (Phi) is 6.66. The van der Waals surface area contributed by atoms with Crippen molar-refractivity contribution in [2.45, 2.75) is 32.0 Å². The van der Waals surface area contributed by atoms with Gasteiger partial charge in [0.25, 0.3) is 17.7 Å². The lowest BCUT2D eigenvalue weighted by molar-refractivity contribution is -0.136. The highest BCUT2D eigenvalue weighted by Gasteiger charge is 2.44. The number of nitrogens with two attached hydrogens (primary N) is 1. The van der Waals surface area contributed by atoms with Crippen LogP contribution in [0.25, 0.3) is 22.3 Å². The first-order valence-electron chi connectivity index (χ1n) is 13.2. The maximum atomic E-state index is 13.9. The first-order valence-corrected chi connectivity index (χ1v) is 13.2. The van der Waals surface area contributed by atoms with Crippen LogP contribution in [0.2, 0.25) is 0 Å². The summed E-state index contributed by atoms with van der Waals surface area (Å²) in [6.45, 7) is 1.06. The molecular weight excluding hydrogens is 543 g/mol. The Morgan fingerprint density at radius 1 is 0.976 bits per heavy atom. The third-order valence-corrected chi connectivity index (χ3v) is 7.49. The number of fused-ring (bicyclic) bond motifs is 2. The van der Waals surface area contributed by atoms with Crippen molar-refractivity contribution in [1.29, 1.82) is 0 Å². The second-order valence-corrected chi connectivity index (χ2v) is 10.5. The van der Waals surface area contributed by atoms with E-state index in [-0.39, 0.29) is 35.1 Å². The Morgan fingerprint density at radius 3 is 2.38 bits per heavy atom. The summed E-state index contributed by atoms with van der Waals surface area (Å²) in [5.41, 5.74) is 8.63. The molecule has 42 heavy (non-hydrogen) atoms. The Bertz CT molecular complexity index is 1810. The van der Waals surface area contributed by atoms with Gasteiger partial charge in [-0.15, -0.1) is 0 Å². The lowest BCUT2D eigenvalue weighted by Gasteiger charge is -2.27. The van der Waals surface area contributed by atoms with Crippen molar-refractivity contribution in [2.75, 3.05) is 7.05 Å². The summed E-state index contributed by atoms with van der Waals surface area (Å²) >= 11 is 0. The lowest BCUT2D eigenvalue weighted by Crippen LogP contribution is -2.54. The highest BCUT2D eigenvalue weighted by Crippen LogP contribution is 2.32. The van der Waals surface area contributed by atoms with E-state index in [1.165, 1.54) is 6.07 Å². The minimum atomic E-state index is -1.00. The van der Waals surface area contributed by atoms with E-state index in [1.54, 1.807) is 24.3 Å². The van der Waals surface area contributed by atoms with Crippen molar-refractivity contribution in [3.8, 4) is 11.3 Å². The number of carbonyl (C=O) groups is 5. The molecule has 1 fully saturated rings. The molecule has 0 radical (unpaired) electrons. The molecule has 3 N–H and O–H groups in total. The SMILES string of the molecule is CN(Cc1ccc(-c2cc3cc(F)cc(C(N)=O)c3o2)cc1)Cc1ccc2c(c1)C(=O)N(C1CCC(=O)NC1=O)C2=O. The second-order valence-electron chi connectivity index (χ2n) is 10.5. The van der Waals surface area contributed by atoms with Gasteiger partial charge in [-0.1, -0.05) is 30.3 Å². The zero-order chi connectivity index (χ0) is 29.7. The van der Waals surface area contributed by atoms with E-state index in [2.05, 4.69) is 5.32 Å². The highest BCUT2D eigenvalue weighted by molar-refractivity contribution is 6.23. The number of furan rings is 1. The third kappa shape index (κ3) is 4.83. The van der Waals surface area contributed by atoms with Crippen LogP contribution in [0.3, 0.4) is 0 Å². The van der Waals surface area contributed by atoms with Crippen LogP contribution in [-0.4, -0.2) is 52.4 Å². The second kappa shape index (κ2) is 10.3. The van der Waals surface area contributed by atoms with Crippen LogP contribution in [0.15, 0.2) is 65.1 Å². The number of hydrogen-bond acceptors (Lipinski definition) is 7. The van der Waals surface area contributed by atoms with Crippen LogP contribution >= 0.6 is 0 Å². The fraction of sp³-hybridized carbons (Fsp3) is 0.194. The molecule has 0 aliphatic carbocycles. The van der Waals surface area contributed by atoms with Gasteiger partial charge in [-0.05, 0) is 54.9 Å². The molecule has 0 saturated carbocycles. The molecule has 3 heterocycles. The summed E-state index contributed by atoms with van der Waals surface area (Å²) in [5, 5.41) is 2.64. The predicted molar refractivity (Wildman–Crippen MR) is 148 cm³/mol. The van der Waals surface area contributed by atoms with E-state index in [0.717, 1.165) is 27.7 Å². The average molecular weight is 569 g/mol. The largest absolute Gasteiger partial charge is 0.455 e. The maximum Gasteiger partial charge on any atom is 0.262 e. The van der Waals surface area contributed by atoms with Gasteiger partial charge in [-0.2, -0.15) is 0 Å². The summed E-state index contributed by atoms with van der Waals surface area (Å²) in [4.78, 5) is 64.5. The molecule has 3 aromatic carbocycles. The first-order chi connectivity index (χ1) is 20.1. The number of primary amides is 1. The zero-order valence-electron chi connectivity index (χ0n) is 22.5. The topological polar surface area (TPSA) is 143 Å². The van der Waals surface area contributed by atoms with Crippen molar-refractivity contribution in [2.24, 2.45) is 5.73 Å². The highest BCUT2D eigenvalue weighted by atomic mass is 19.1. The van der Waals surface area contributed by atoms with Crippen molar-refractivity contribution >= 4 is 40.5 Å². The zero-order valence-corrected chi connectivity index (χ0v) is 22.5. The van der Waals surface area contributed by atoms with Crippen LogP contribution in [0.1, 0.15) is 55.0 Å². The van der Waals surface area contributed by atoms with Crippen LogP contribution in [0, 0.1) is 5.82 Å². The summed E-state index contributed by atoms with van der Waals surface area (Å²) < 4.78 is 19.8. The van der Waals surface area contributed by atoms with Crippen LogP contribution < -0.4 is 11.1 Å². The fourth-order valence-corrected chi connectivity index (χ4v) is 5.51. The lowest BCUT2D eigenvalue weighted by atomic mass is 10.0. The molecule has 2 aliphatic rings. The van der Waals surface area contributed by atoms with Crippen molar-refractivity contribution < 1.29 is 32.8 Å². The number of nitrogens with one attached hydrogen (secondary N) is 1. The minimum Gasteiger partial charge on any atom is -0.455 e. The number of piperidine rings is 1. The number of hydrogen-bond donors (Lipinski definition) is 2. The van der Waals surface area contributed by atoms with Crippen LogP contribution in [-0.2, 0) is 22.7 Å². The number of imide groups is 2. The molecule has 212 valence electrons. The van der Waals surface area contributed by atoms with E-state index in [0.29, 0.717) is 24.2 Å². The van der Waals surface area contributed by atoms with Gasteiger partial charge in [-0.3, -0.25) is 39.1 Å². The van der Waals surface area contributed by atoms with E-state index < -0.39 is 41.4 Å². The number of halogens is 1. The molecule has 0 bridgehead atoms. The molecule has 5 amide bonds. The third-order valence-electron chi connectivity index (χ3n) is 7.49. The molecule has 1 aromatic heterocycles. The molecule has 1 atom stereocenters. The quantitative estimate of drug-likeness (QED) is 0.326. The van der Waals surface area contributed by atoms with Crippen LogP contribution in [0.4, 0.5) is 4.39 Å². The van der Waals surface area contributed by atoms with E-state index in [4.69, 9.17) is 10.2 Å². The van der Waals surface area contributed by atoms with Gasteiger partial charge in [0.05, 0.1) is 16.7 Å². The van der Waals surface area contributed by atoms with Gasteiger partial charge in [0, 0.05) is 30.5 Å². The Morgan fingerprint density at radius 2 is 1.67 bits per heavy atom. The number of nitrogens with zero attached hydrogens (tertiary/aromatic N) is 2. The normalized spacial score (nSPS) is 16.8. The average Bonchev–Trinajstić information content (AvgIpc) is 3.47. The minimum absolute atomic E-state index is 0.0178. The molecule has 10 nitrogen and oxygen atoms in total. The monoisotopic (exact) mass is 568 g/mol. The summed E-state index contributed by atoms with van der Waals surface area (Å²) in [6, 6.07) is 15.6. The van der Waals surface area contributed by atoms with Gasteiger partial charge in [0.1, 0.15) is 23.2 Å². The van der Waals surface area contributed by atoms with Crippen LogP contribution in [0.5, 0.6) is 0 Å². The van der Waals surface area contributed by atoms with Crippen molar-refractivity contribution in [1.82, 2.24) is 15.1 Å². The number of amides is 5. The van der Waals surface area contributed by atoms with E-state index >= 15 is 0 Å². The Hall–Kier alpha value is -5.16. The summed E-state index contributed by atoms with van der Waals surface area (Å²) in [6.07, 6.45) is 0.170. The maximum absolute atomic E-state index is 13.9. The Balaban J connectivity index is 1.14. The predicted octanol–water partition coefficient (Wildman–Crippen LogP) is 3.37. The standard InChI is InChI=1S/C31H25FN4O6/c1-35(14-16-2-5-18(6-3-16)25-12-19-11-20(32)13-23(28(33)38)27(19)42-25)15-17-4-7-21-22(10-17)31(41)36(30(21)40)24-8-9-26(37)34-29(24)39/h2-7,10-13,24H,8-9,14-15H2,1H3,(H2,33,38)(H,34,37,39). The summed E-state index contributed by atoms with van der Waals surface area (Å²) in [5.74, 6) is -3.01. The molecule has 1 unspecified atom stereocenters. The molecule has 2 aliphatic heterocycles. The van der Waals surface area contributed by atoms with Crippen molar-refractivity contribution in [3.63, 3.8) is 0 Å². The fourth-order valence-electron chi connectivity index (χ4n) is 5.51. The van der Waals surface area contributed by atoms with Crippen molar-refractivity contribution in [3.05, 3.63) is 94.3 Å². The van der Waals surface area contributed by atoms with Gasteiger partial charge in [0.2, 0.25) is 11.8 Å². The van der Waals surface area contributed by atoms with Gasteiger partial charge < -0.3 is 10.2 Å². The van der Waals surface area contributed by atoms with E-state index in [9.17, 15) is 28.4 Å². The molecule has 1 saturated heterocycles. The molecular formula is C31H25FN4O6. The molecule has 11 heteroatoms. The summed E-state index contributed by atoms with van der Waals surface area (Å²) in [7, 11) is 1.92. The number of carbonyl (C=O) groups excluding carboxylic acids is 5. The van der Waals surface area contributed by atoms with E-state index in [1.807, 2.05) is 36.2 Å². The number of rotatable bonds is 7. The molecule has 4 aromatic rings. The smallest absolute Gasteiger partial charge is 0.262 e. The molecule has 6 rings (SSSR count). The molecule has 0 spiro atoms.